The third-order valence-corrected chi connectivity index (χ3v) is 5.58. The van der Waals surface area contributed by atoms with Crippen molar-refractivity contribution < 1.29 is 27.4 Å². The highest BCUT2D eigenvalue weighted by molar-refractivity contribution is 5.34. The summed E-state index contributed by atoms with van der Waals surface area (Å²) in [5.41, 5.74) is 0.510. The topological polar surface area (TPSA) is 29.5 Å². The quantitative estimate of drug-likeness (QED) is 0.616. The summed E-state index contributed by atoms with van der Waals surface area (Å²) in [6.45, 7) is 3.33. The summed E-state index contributed by atoms with van der Waals surface area (Å²) in [5.74, 6) is -4.30. The smallest absolute Gasteiger partial charge is 0.200 e. The third-order valence-electron chi connectivity index (χ3n) is 5.58. The van der Waals surface area contributed by atoms with Crippen LogP contribution in [0.15, 0.2) is 24.3 Å². The van der Waals surface area contributed by atoms with Crippen molar-refractivity contribution in [1.29, 1.82) is 0 Å². The monoisotopic (exact) mass is 396 g/mol. The van der Waals surface area contributed by atoms with Crippen LogP contribution in [0.4, 0.5) is 17.6 Å². The van der Waals surface area contributed by atoms with Crippen molar-refractivity contribution in [2.45, 2.75) is 57.5 Å². The molecule has 0 bridgehead atoms. The van der Waals surface area contributed by atoms with E-state index in [4.69, 9.17) is 4.74 Å². The molecule has 6 heteroatoms. The van der Waals surface area contributed by atoms with E-state index < -0.39 is 29.4 Å². The van der Waals surface area contributed by atoms with Crippen molar-refractivity contribution in [3.05, 3.63) is 64.2 Å². The van der Waals surface area contributed by atoms with E-state index in [0.717, 1.165) is 0 Å². The number of halogens is 4. The van der Waals surface area contributed by atoms with Gasteiger partial charge in [0.25, 0.3) is 0 Å². The number of hydrogen-bond donors (Lipinski definition) is 1. The second kappa shape index (κ2) is 8.52. The Morgan fingerprint density at radius 3 is 1.86 bits per heavy atom. The number of benzene rings is 2. The maximum atomic E-state index is 14.5. The maximum absolute atomic E-state index is 14.5. The number of ether oxygens (including phenoxy) is 1. The van der Waals surface area contributed by atoms with Gasteiger partial charge in [-0.1, -0.05) is 18.2 Å². The summed E-state index contributed by atoms with van der Waals surface area (Å²) in [5, 5.41) is 9.51. The molecular formula is C22H24F4O2. The zero-order valence-electron chi connectivity index (χ0n) is 15.9. The molecule has 0 saturated heterocycles. The molecule has 0 amide bonds. The lowest BCUT2D eigenvalue weighted by Gasteiger charge is -2.30. The van der Waals surface area contributed by atoms with E-state index in [1.807, 2.05) is 0 Å². The molecule has 1 aliphatic rings. The van der Waals surface area contributed by atoms with Crippen LogP contribution < -0.4 is 4.74 Å². The summed E-state index contributed by atoms with van der Waals surface area (Å²) in [6, 6.07) is 5.91. The summed E-state index contributed by atoms with van der Waals surface area (Å²) in [4.78, 5) is 0. The number of rotatable bonds is 5. The molecule has 1 N–H and O–H groups in total. The Bertz CT molecular complexity index is 843. The van der Waals surface area contributed by atoms with Gasteiger partial charge in [0.2, 0.25) is 5.82 Å². The van der Waals surface area contributed by atoms with Crippen molar-refractivity contribution in [2.75, 3.05) is 6.61 Å². The Balaban J connectivity index is 1.75. The van der Waals surface area contributed by atoms with Gasteiger partial charge in [0.1, 0.15) is 0 Å². The molecule has 28 heavy (non-hydrogen) atoms. The van der Waals surface area contributed by atoms with Gasteiger partial charge >= 0.3 is 0 Å². The molecule has 0 aromatic heterocycles. The van der Waals surface area contributed by atoms with Gasteiger partial charge in [-0.3, -0.25) is 0 Å². The largest absolute Gasteiger partial charge is 0.491 e. The lowest BCUT2D eigenvalue weighted by molar-refractivity contribution is 0.192. The molecule has 2 aromatic rings. The van der Waals surface area contributed by atoms with E-state index in [1.165, 1.54) is 25.1 Å². The van der Waals surface area contributed by atoms with Crippen molar-refractivity contribution in [1.82, 2.24) is 0 Å². The lowest BCUT2D eigenvalue weighted by atomic mass is 9.75. The lowest BCUT2D eigenvalue weighted by Crippen LogP contribution is -2.16. The molecule has 3 rings (SSSR count). The minimum absolute atomic E-state index is 0.0677. The first-order valence-corrected chi connectivity index (χ1v) is 9.61. The second-order valence-corrected chi connectivity index (χ2v) is 7.31. The van der Waals surface area contributed by atoms with Gasteiger partial charge in [0.05, 0.1) is 12.7 Å². The predicted molar refractivity (Wildman–Crippen MR) is 98.5 cm³/mol. The molecule has 2 aromatic carbocycles. The van der Waals surface area contributed by atoms with Crippen molar-refractivity contribution in [2.24, 2.45) is 0 Å². The van der Waals surface area contributed by atoms with Crippen LogP contribution in [0.25, 0.3) is 0 Å². The van der Waals surface area contributed by atoms with Crippen LogP contribution in [0.3, 0.4) is 0 Å². The average Bonchev–Trinajstić information content (AvgIpc) is 2.68. The van der Waals surface area contributed by atoms with E-state index in [1.54, 1.807) is 13.0 Å². The molecule has 0 heterocycles. The van der Waals surface area contributed by atoms with E-state index >= 15 is 0 Å². The van der Waals surface area contributed by atoms with E-state index in [-0.39, 0.29) is 35.3 Å². The fourth-order valence-electron chi connectivity index (χ4n) is 4.06. The molecule has 0 radical (unpaired) electrons. The molecule has 152 valence electrons. The highest BCUT2D eigenvalue weighted by Gasteiger charge is 2.29. The summed E-state index contributed by atoms with van der Waals surface area (Å²) in [7, 11) is 0. The Hall–Kier alpha value is -2.08. The predicted octanol–water partition coefficient (Wildman–Crippen LogP) is 6.14. The number of aliphatic hydroxyl groups excluding tert-OH is 1. The molecule has 1 unspecified atom stereocenters. The molecule has 0 spiro atoms. The minimum atomic E-state index is -1.09. The van der Waals surface area contributed by atoms with Crippen LogP contribution in [0.2, 0.25) is 0 Å². The van der Waals surface area contributed by atoms with Gasteiger partial charge in [-0.15, -0.1) is 0 Å². The van der Waals surface area contributed by atoms with Crippen molar-refractivity contribution >= 4 is 0 Å². The van der Waals surface area contributed by atoms with Crippen molar-refractivity contribution in [3.63, 3.8) is 0 Å². The van der Waals surface area contributed by atoms with Crippen molar-refractivity contribution in [3.8, 4) is 5.75 Å². The van der Waals surface area contributed by atoms with Crippen LogP contribution in [0.1, 0.15) is 74.2 Å². The summed E-state index contributed by atoms with van der Waals surface area (Å²) >= 11 is 0. The normalized spacial score (nSPS) is 20.8. The van der Waals surface area contributed by atoms with Gasteiger partial charge in [-0.2, -0.15) is 4.39 Å². The van der Waals surface area contributed by atoms with Crippen LogP contribution in [0.5, 0.6) is 5.75 Å². The number of hydrogen-bond acceptors (Lipinski definition) is 2. The Labute approximate surface area is 162 Å². The van der Waals surface area contributed by atoms with Gasteiger partial charge < -0.3 is 9.84 Å². The fourth-order valence-corrected chi connectivity index (χ4v) is 4.06. The molecule has 1 atom stereocenters. The van der Waals surface area contributed by atoms with Crippen LogP contribution in [-0.2, 0) is 0 Å². The maximum Gasteiger partial charge on any atom is 0.200 e. The van der Waals surface area contributed by atoms with Crippen LogP contribution in [0, 0.1) is 23.3 Å². The van der Waals surface area contributed by atoms with Gasteiger partial charge in [0, 0.05) is 5.56 Å². The zero-order chi connectivity index (χ0) is 20.4. The molecule has 1 aliphatic carbocycles. The average molecular weight is 396 g/mol. The van der Waals surface area contributed by atoms with Gasteiger partial charge in [0.15, 0.2) is 23.2 Å². The molecular weight excluding hydrogens is 372 g/mol. The van der Waals surface area contributed by atoms with Gasteiger partial charge in [-0.05, 0) is 68.6 Å². The second-order valence-electron chi connectivity index (χ2n) is 7.31. The van der Waals surface area contributed by atoms with Crippen LogP contribution in [-0.4, -0.2) is 11.7 Å². The third kappa shape index (κ3) is 3.88. The Kier molecular flexibility index (Phi) is 6.28. The molecule has 1 fully saturated rings. The minimum Gasteiger partial charge on any atom is -0.491 e. The first-order valence-electron chi connectivity index (χ1n) is 9.61. The first-order chi connectivity index (χ1) is 13.3. The highest BCUT2D eigenvalue weighted by Crippen LogP contribution is 2.43. The molecule has 0 aliphatic heterocycles. The zero-order valence-corrected chi connectivity index (χ0v) is 15.9. The first kappa shape index (κ1) is 20.6. The van der Waals surface area contributed by atoms with E-state index in [0.29, 0.717) is 31.2 Å². The summed E-state index contributed by atoms with van der Waals surface area (Å²) < 4.78 is 62.3. The summed E-state index contributed by atoms with van der Waals surface area (Å²) in [6.07, 6.45) is 1.10. The Morgan fingerprint density at radius 2 is 1.36 bits per heavy atom. The number of aliphatic hydroxyl groups is 1. The van der Waals surface area contributed by atoms with E-state index in [2.05, 4.69) is 0 Å². The fraction of sp³-hybridized carbons (Fsp3) is 0.455. The standard InChI is InChI=1S/C22H24F4O2/c1-3-28-18-11-10-17(21(25)22(18)26)14-6-4-13(5-7-14)16-9-8-15(12(2)27)19(23)20(16)24/h8-14,27H,3-7H2,1-2H3. The van der Waals surface area contributed by atoms with Gasteiger partial charge in [-0.25, -0.2) is 13.2 Å². The SMILES string of the molecule is CCOc1ccc(C2CCC(c3ccc(C(C)O)c(F)c3F)CC2)c(F)c1F. The Morgan fingerprint density at radius 1 is 0.857 bits per heavy atom. The molecule has 1 saturated carbocycles. The highest BCUT2D eigenvalue weighted by atomic mass is 19.2. The van der Waals surface area contributed by atoms with E-state index in [9.17, 15) is 22.7 Å². The van der Waals surface area contributed by atoms with Crippen LogP contribution >= 0.6 is 0 Å². The molecule has 2 nitrogen and oxygen atoms in total.